The van der Waals surface area contributed by atoms with E-state index in [1.165, 1.54) is 0 Å². The van der Waals surface area contributed by atoms with Gasteiger partial charge in [-0.15, -0.1) is 11.8 Å². The number of thioether (sulfide) groups is 1. The zero-order valence-corrected chi connectivity index (χ0v) is 8.05. The van der Waals surface area contributed by atoms with Crippen LogP contribution in [0.1, 0.15) is 11.3 Å². The highest BCUT2D eigenvalue weighted by Crippen LogP contribution is 2.19. The monoisotopic (exact) mass is 193 g/mol. The maximum Gasteiger partial charge on any atom is 0.117 e. The molecule has 2 N–H and O–H groups in total. The third kappa shape index (κ3) is 1.73. The second-order valence-corrected chi connectivity index (χ2v) is 3.83. The highest BCUT2D eigenvalue weighted by Gasteiger charge is 2.13. The summed E-state index contributed by atoms with van der Waals surface area (Å²) in [5.74, 6) is 1.07. The number of rotatable bonds is 2. The minimum Gasteiger partial charge on any atom is -0.326 e. The average molecular weight is 193 g/mol. The summed E-state index contributed by atoms with van der Waals surface area (Å²) in [5, 5.41) is 1.04. The number of nitrogens with two attached hydrogens (primary N) is 1. The van der Waals surface area contributed by atoms with Crippen LogP contribution in [-0.4, -0.2) is 22.3 Å². The molecule has 2 rings (SSSR count). The maximum atomic E-state index is 5.61. The SMILES string of the molecule is NCc1cccnc1C1=NCCS1. The molecule has 0 saturated carbocycles. The van der Waals surface area contributed by atoms with Crippen LogP contribution in [-0.2, 0) is 6.54 Å². The second-order valence-electron chi connectivity index (χ2n) is 2.75. The van der Waals surface area contributed by atoms with Gasteiger partial charge in [0, 0.05) is 25.0 Å². The van der Waals surface area contributed by atoms with E-state index in [0.717, 1.165) is 28.6 Å². The van der Waals surface area contributed by atoms with E-state index in [2.05, 4.69) is 9.98 Å². The summed E-state index contributed by atoms with van der Waals surface area (Å²) in [6.07, 6.45) is 1.79. The molecule has 0 radical (unpaired) electrons. The van der Waals surface area contributed by atoms with Crippen LogP contribution < -0.4 is 5.73 Å². The van der Waals surface area contributed by atoms with E-state index in [9.17, 15) is 0 Å². The largest absolute Gasteiger partial charge is 0.326 e. The van der Waals surface area contributed by atoms with Gasteiger partial charge in [-0.2, -0.15) is 0 Å². The molecule has 2 heterocycles. The fourth-order valence-corrected chi connectivity index (χ4v) is 2.15. The molecule has 0 unspecified atom stereocenters. The number of pyridine rings is 1. The Hall–Kier alpha value is -0.870. The third-order valence-electron chi connectivity index (χ3n) is 1.90. The summed E-state index contributed by atoms with van der Waals surface area (Å²) in [7, 11) is 0. The van der Waals surface area contributed by atoms with Gasteiger partial charge in [-0.25, -0.2) is 0 Å². The van der Waals surface area contributed by atoms with Crippen LogP contribution in [0.2, 0.25) is 0 Å². The first-order valence-corrected chi connectivity index (χ1v) is 5.22. The first kappa shape index (κ1) is 8.72. The molecule has 1 aliphatic rings. The molecule has 4 heteroatoms. The van der Waals surface area contributed by atoms with Gasteiger partial charge in [-0.05, 0) is 11.6 Å². The van der Waals surface area contributed by atoms with Crippen molar-refractivity contribution < 1.29 is 0 Å². The molecule has 68 valence electrons. The van der Waals surface area contributed by atoms with E-state index in [1.54, 1.807) is 18.0 Å². The van der Waals surface area contributed by atoms with E-state index >= 15 is 0 Å². The highest BCUT2D eigenvalue weighted by atomic mass is 32.2. The van der Waals surface area contributed by atoms with E-state index < -0.39 is 0 Å². The number of hydrogen-bond acceptors (Lipinski definition) is 4. The molecule has 0 aromatic carbocycles. The zero-order chi connectivity index (χ0) is 9.10. The molecular weight excluding hydrogens is 182 g/mol. The Morgan fingerprint density at radius 1 is 1.54 bits per heavy atom. The van der Waals surface area contributed by atoms with Crippen LogP contribution in [0, 0.1) is 0 Å². The lowest BCUT2D eigenvalue weighted by Gasteiger charge is -2.04. The smallest absolute Gasteiger partial charge is 0.117 e. The highest BCUT2D eigenvalue weighted by molar-refractivity contribution is 8.14. The minimum absolute atomic E-state index is 0.531. The predicted octanol–water partition coefficient (Wildman–Crippen LogP) is 1.03. The number of aliphatic imine (C=N–C) groups is 1. The van der Waals surface area contributed by atoms with Crippen LogP contribution in [0.3, 0.4) is 0 Å². The van der Waals surface area contributed by atoms with Gasteiger partial charge >= 0.3 is 0 Å². The topological polar surface area (TPSA) is 51.3 Å². The van der Waals surface area contributed by atoms with Crippen molar-refractivity contribution in [3.05, 3.63) is 29.6 Å². The molecule has 13 heavy (non-hydrogen) atoms. The molecule has 0 atom stereocenters. The van der Waals surface area contributed by atoms with Gasteiger partial charge in [0.2, 0.25) is 0 Å². The molecule has 0 aliphatic carbocycles. The maximum absolute atomic E-state index is 5.61. The van der Waals surface area contributed by atoms with E-state index in [0.29, 0.717) is 6.54 Å². The van der Waals surface area contributed by atoms with Gasteiger partial charge in [0.1, 0.15) is 5.04 Å². The first-order chi connectivity index (χ1) is 6.42. The second kappa shape index (κ2) is 3.89. The van der Waals surface area contributed by atoms with Crippen molar-refractivity contribution in [3.63, 3.8) is 0 Å². The lowest BCUT2D eigenvalue weighted by atomic mass is 10.2. The lowest BCUT2D eigenvalue weighted by Crippen LogP contribution is -2.06. The van der Waals surface area contributed by atoms with Crippen molar-refractivity contribution in [2.45, 2.75) is 6.54 Å². The molecule has 3 nitrogen and oxygen atoms in total. The Kier molecular flexibility index (Phi) is 2.61. The normalized spacial score (nSPS) is 15.9. The van der Waals surface area contributed by atoms with Crippen LogP contribution in [0.25, 0.3) is 0 Å². The number of hydrogen-bond donors (Lipinski definition) is 1. The van der Waals surface area contributed by atoms with Gasteiger partial charge in [0.25, 0.3) is 0 Å². The zero-order valence-electron chi connectivity index (χ0n) is 7.23. The minimum atomic E-state index is 0.531. The molecule has 1 aromatic rings. The molecule has 0 amide bonds. The summed E-state index contributed by atoms with van der Waals surface area (Å²) < 4.78 is 0. The van der Waals surface area contributed by atoms with E-state index in [-0.39, 0.29) is 0 Å². The Morgan fingerprint density at radius 3 is 3.15 bits per heavy atom. The van der Waals surface area contributed by atoms with E-state index in [1.807, 2.05) is 12.1 Å². The average Bonchev–Trinajstić information content (AvgIpc) is 2.70. The Balaban J connectivity index is 2.38. The standard InChI is InChI=1S/C9H11N3S/c10-6-7-2-1-3-11-8(7)9-12-4-5-13-9/h1-3H,4-6,10H2. The first-order valence-electron chi connectivity index (χ1n) is 4.23. The van der Waals surface area contributed by atoms with Gasteiger partial charge in [-0.3, -0.25) is 9.98 Å². The Labute approximate surface area is 81.5 Å². The van der Waals surface area contributed by atoms with Gasteiger partial charge in [0.05, 0.1) is 5.69 Å². The van der Waals surface area contributed by atoms with Crippen LogP contribution in [0.4, 0.5) is 0 Å². The number of aromatic nitrogens is 1. The summed E-state index contributed by atoms with van der Waals surface area (Å²) >= 11 is 1.76. The molecule has 0 saturated heterocycles. The number of nitrogens with zero attached hydrogens (tertiary/aromatic N) is 2. The van der Waals surface area contributed by atoms with Crippen molar-refractivity contribution >= 4 is 16.8 Å². The molecule has 1 aromatic heterocycles. The quantitative estimate of drug-likeness (QED) is 0.763. The Bertz CT molecular complexity index is 335. The van der Waals surface area contributed by atoms with Crippen molar-refractivity contribution in [2.24, 2.45) is 10.7 Å². The molecule has 0 spiro atoms. The lowest BCUT2D eigenvalue weighted by molar-refractivity contribution is 1.04. The summed E-state index contributed by atoms with van der Waals surface area (Å²) in [6.45, 7) is 1.43. The Morgan fingerprint density at radius 2 is 2.46 bits per heavy atom. The van der Waals surface area contributed by atoms with Gasteiger partial charge in [0.15, 0.2) is 0 Å². The fourth-order valence-electron chi connectivity index (χ4n) is 1.27. The van der Waals surface area contributed by atoms with Crippen molar-refractivity contribution in [2.75, 3.05) is 12.3 Å². The van der Waals surface area contributed by atoms with Crippen molar-refractivity contribution in [1.29, 1.82) is 0 Å². The summed E-state index contributed by atoms with van der Waals surface area (Å²) in [5.41, 5.74) is 7.66. The predicted molar refractivity (Wildman–Crippen MR) is 56.0 cm³/mol. The van der Waals surface area contributed by atoms with Crippen LogP contribution in [0.15, 0.2) is 23.3 Å². The van der Waals surface area contributed by atoms with E-state index in [4.69, 9.17) is 5.73 Å². The fraction of sp³-hybridized carbons (Fsp3) is 0.333. The van der Waals surface area contributed by atoms with Crippen molar-refractivity contribution in [3.8, 4) is 0 Å². The van der Waals surface area contributed by atoms with Gasteiger partial charge in [-0.1, -0.05) is 6.07 Å². The van der Waals surface area contributed by atoms with Crippen molar-refractivity contribution in [1.82, 2.24) is 4.98 Å². The summed E-state index contributed by atoms with van der Waals surface area (Å²) in [4.78, 5) is 8.68. The van der Waals surface area contributed by atoms with Crippen LogP contribution >= 0.6 is 11.8 Å². The third-order valence-corrected chi connectivity index (χ3v) is 2.88. The molecule has 1 aliphatic heterocycles. The molecule has 0 bridgehead atoms. The van der Waals surface area contributed by atoms with Gasteiger partial charge < -0.3 is 5.73 Å². The summed E-state index contributed by atoms with van der Waals surface area (Å²) in [6, 6.07) is 3.91. The van der Waals surface area contributed by atoms with Crippen LogP contribution in [0.5, 0.6) is 0 Å². The molecular formula is C9H11N3S. The molecule has 0 fully saturated rings.